The summed E-state index contributed by atoms with van der Waals surface area (Å²) in [6, 6.07) is 1.34. The average Bonchev–Trinajstić information content (AvgIpc) is 3.27. The molecule has 0 radical (unpaired) electrons. The zero-order valence-electron chi connectivity index (χ0n) is 26.8. The molecule has 1 aliphatic heterocycles. The maximum atomic E-state index is 14.7. The van der Waals surface area contributed by atoms with Crippen LogP contribution in [0, 0.1) is 3.70 Å². The van der Waals surface area contributed by atoms with Crippen LogP contribution in [0.2, 0.25) is 0 Å². The Labute approximate surface area is 289 Å². The first-order valence-corrected chi connectivity index (χ1v) is 18.2. The van der Waals surface area contributed by atoms with Gasteiger partial charge in [0.25, 0.3) is 0 Å². The number of carbonyl (C=O) groups excluding carboxylic acids is 1. The van der Waals surface area contributed by atoms with E-state index in [1.807, 2.05) is 6.08 Å². The third-order valence-corrected chi connectivity index (χ3v) is 8.94. The lowest BCUT2D eigenvalue weighted by molar-refractivity contribution is -0.141. The Kier molecular flexibility index (Phi) is 19.4. The Morgan fingerprint density at radius 1 is 1.09 bits per heavy atom. The van der Waals surface area contributed by atoms with Gasteiger partial charge in [-0.15, -0.1) is 0 Å². The number of aromatic nitrogens is 2. The third kappa shape index (κ3) is 15.2. The summed E-state index contributed by atoms with van der Waals surface area (Å²) in [6.07, 6.45) is 22.7. The second-order valence-corrected chi connectivity index (χ2v) is 13.5. The van der Waals surface area contributed by atoms with Crippen molar-refractivity contribution in [1.29, 1.82) is 0 Å². The molecule has 47 heavy (non-hydrogen) atoms. The minimum atomic E-state index is -3.99. The summed E-state index contributed by atoms with van der Waals surface area (Å²) in [5.74, 6) is -4.03. The van der Waals surface area contributed by atoms with E-state index in [-0.39, 0.29) is 19.0 Å². The molecule has 1 unspecified atom stereocenters. The van der Waals surface area contributed by atoms with Crippen molar-refractivity contribution in [2.24, 2.45) is 0 Å². The van der Waals surface area contributed by atoms with Crippen LogP contribution in [0.3, 0.4) is 0 Å². The van der Waals surface area contributed by atoms with Gasteiger partial charge in [-0.3, -0.25) is 13.9 Å². The van der Waals surface area contributed by atoms with Crippen LogP contribution in [0.4, 0.5) is 8.78 Å². The predicted octanol–water partition coefficient (Wildman–Crippen LogP) is 6.14. The van der Waals surface area contributed by atoms with Crippen molar-refractivity contribution in [3.05, 3.63) is 87.2 Å². The predicted molar refractivity (Wildman–Crippen MR) is 186 cm³/mol. The number of rotatable bonds is 22. The fourth-order valence-corrected chi connectivity index (χ4v) is 5.66. The molecule has 0 aliphatic carbocycles. The highest BCUT2D eigenvalue weighted by molar-refractivity contribution is 14.1. The highest BCUT2D eigenvalue weighted by Gasteiger charge is 2.60. The van der Waals surface area contributed by atoms with Crippen molar-refractivity contribution in [1.82, 2.24) is 20.0 Å². The molecule has 0 aromatic carbocycles. The number of nitrogens with zero attached hydrogens (tertiary/aromatic N) is 2. The van der Waals surface area contributed by atoms with E-state index in [4.69, 9.17) is 13.8 Å². The molecule has 11 nitrogen and oxygen atoms in total. The number of hydrogen-bond acceptors (Lipinski definition) is 8. The number of aliphatic hydroxyl groups excluding tert-OH is 1. The molecule has 15 heteroatoms. The summed E-state index contributed by atoms with van der Waals surface area (Å²) in [4.78, 5) is 27.8. The van der Waals surface area contributed by atoms with Gasteiger partial charge >= 0.3 is 19.4 Å². The average molecular weight is 795 g/mol. The molecular weight excluding hydrogens is 748 g/mol. The molecule has 4 atom stereocenters. The molecule has 1 aromatic heterocycles. The monoisotopic (exact) mass is 794 g/mol. The molecule has 0 saturated carbocycles. The lowest BCUT2D eigenvalue weighted by Crippen LogP contribution is -2.42. The maximum Gasteiger partial charge on any atom is 0.405 e. The smallest absolute Gasteiger partial charge is 0.384 e. The van der Waals surface area contributed by atoms with Gasteiger partial charge in [-0.25, -0.2) is 14.4 Å². The Balaban J connectivity index is 1.60. The number of alkyl halides is 2. The normalized spacial score (nSPS) is 21.2. The van der Waals surface area contributed by atoms with Crippen LogP contribution in [-0.2, 0) is 23.1 Å². The van der Waals surface area contributed by atoms with E-state index in [1.54, 1.807) is 22.6 Å². The molecule has 0 spiro atoms. The quantitative estimate of drug-likeness (QED) is 0.0415. The fourth-order valence-electron chi connectivity index (χ4n) is 4.24. The molecule has 1 aliphatic rings. The first kappa shape index (κ1) is 40.8. The van der Waals surface area contributed by atoms with E-state index in [2.05, 4.69) is 77.0 Å². The second-order valence-electron chi connectivity index (χ2n) is 10.4. The van der Waals surface area contributed by atoms with Crippen LogP contribution in [0.25, 0.3) is 0 Å². The fraction of sp³-hybridized carbons (Fsp3) is 0.531. The number of unbranched alkanes of at least 4 members (excludes halogenated alkanes) is 1. The lowest BCUT2D eigenvalue weighted by atomic mass is 10.1. The summed E-state index contributed by atoms with van der Waals surface area (Å²) >= 11 is 1.76. The van der Waals surface area contributed by atoms with E-state index in [9.17, 15) is 28.0 Å². The molecule has 1 fully saturated rings. The van der Waals surface area contributed by atoms with Gasteiger partial charge in [-0.2, -0.15) is 13.8 Å². The summed E-state index contributed by atoms with van der Waals surface area (Å²) in [5, 5.41) is 15.4. The largest absolute Gasteiger partial charge is 0.405 e. The van der Waals surface area contributed by atoms with Gasteiger partial charge in [-0.05, 0) is 73.6 Å². The first-order valence-electron chi connectivity index (χ1n) is 15.6. The molecule has 262 valence electrons. The van der Waals surface area contributed by atoms with Crippen molar-refractivity contribution in [2.45, 2.75) is 82.6 Å². The molecule has 3 N–H and O–H groups in total. The Hall–Kier alpha value is -2.33. The molecule has 1 saturated heterocycles. The van der Waals surface area contributed by atoms with Crippen LogP contribution in [0.5, 0.6) is 0 Å². The van der Waals surface area contributed by atoms with Crippen molar-refractivity contribution in [2.75, 3.05) is 26.8 Å². The van der Waals surface area contributed by atoms with Gasteiger partial charge in [0.05, 0.1) is 6.61 Å². The van der Waals surface area contributed by atoms with Gasteiger partial charge in [0, 0.05) is 32.8 Å². The standard InChI is InChI=1S/C32H46F2IN4O7P/c1-3-4-5-6-7-8-9-10-11-12-13-14-15-16-17-18-19-20-28(40)36-22-23-37-47(43,44-2)45-25-26-29(41)32(33,34)30(46-26)39-24-21-27(35)38-31(39)42/h4-5,7-8,10-11,13-14,16-17,21,24,26,29-30,41H,3,6,9,12,15,18-20,22-23,25H2,1-2H3,(H,36,40)(H,37,43)/b5-4-,8-7-,11-10-,14-13-,17-16-/t26-,29-,30-,47?/m1/s1. The van der Waals surface area contributed by atoms with Crippen molar-refractivity contribution in [3.8, 4) is 0 Å². The van der Waals surface area contributed by atoms with E-state index < -0.39 is 44.4 Å². The van der Waals surface area contributed by atoms with Gasteiger partial charge < -0.3 is 19.7 Å². The van der Waals surface area contributed by atoms with Crippen molar-refractivity contribution >= 4 is 36.2 Å². The van der Waals surface area contributed by atoms with Crippen LogP contribution in [-0.4, -0.2) is 65.5 Å². The number of aliphatic hydroxyl groups is 1. The summed E-state index contributed by atoms with van der Waals surface area (Å²) in [5.41, 5.74) is -0.976. The zero-order valence-corrected chi connectivity index (χ0v) is 29.9. The minimum absolute atomic E-state index is 0.00219. The minimum Gasteiger partial charge on any atom is -0.384 e. The Bertz CT molecular complexity index is 1350. The number of halogens is 3. The SMILES string of the molecule is CC/C=C\C/C=C\C/C=C\C/C=C\C/C=C\CCCC(=O)NCCNP(=O)(OC)OC[C@H]1O[C@@H](n2ccc(I)nc2=O)C(F)(F)[C@@H]1O. The van der Waals surface area contributed by atoms with Gasteiger partial charge in [0.15, 0.2) is 6.10 Å². The zero-order chi connectivity index (χ0) is 34.5. The second kappa shape index (κ2) is 22.3. The van der Waals surface area contributed by atoms with E-state index in [0.717, 1.165) is 51.8 Å². The van der Waals surface area contributed by atoms with Crippen LogP contribution < -0.4 is 16.1 Å². The first-order chi connectivity index (χ1) is 22.5. The topological polar surface area (TPSA) is 141 Å². The number of carbonyl (C=O) groups is 1. The van der Waals surface area contributed by atoms with Crippen LogP contribution in [0.1, 0.15) is 64.5 Å². The molecular formula is C32H46F2IN4O7P. The highest BCUT2D eigenvalue weighted by atomic mass is 127. The van der Waals surface area contributed by atoms with Gasteiger partial charge in [-0.1, -0.05) is 67.7 Å². The number of amides is 1. The molecule has 0 bridgehead atoms. The molecule has 1 aromatic rings. The van der Waals surface area contributed by atoms with Gasteiger partial charge in [0.1, 0.15) is 9.80 Å². The molecule has 2 heterocycles. The van der Waals surface area contributed by atoms with E-state index in [1.165, 1.54) is 6.07 Å². The molecule has 2 rings (SSSR count). The number of hydrogen-bond donors (Lipinski definition) is 3. The number of allylic oxidation sites excluding steroid dienone is 10. The summed E-state index contributed by atoms with van der Waals surface area (Å²) in [6.45, 7) is 1.52. The van der Waals surface area contributed by atoms with Crippen molar-refractivity contribution in [3.63, 3.8) is 0 Å². The molecule has 1 amide bonds. The summed E-state index contributed by atoms with van der Waals surface area (Å²) < 4.78 is 58.5. The lowest BCUT2D eigenvalue weighted by Gasteiger charge is -2.21. The van der Waals surface area contributed by atoms with E-state index >= 15 is 0 Å². The van der Waals surface area contributed by atoms with Crippen LogP contribution >= 0.6 is 30.3 Å². The third-order valence-electron chi connectivity index (χ3n) is 6.76. The number of nitrogens with one attached hydrogen (secondary N) is 2. The Morgan fingerprint density at radius 3 is 2.26 bits per heavy atom. The number of ether oxygens (including phenoxy) is 1. The van der Waals surface area contributed by atoms with E-state index in [0.29, 0.717) is 21.1 Å². The summed E-state index contributed by atoms with van der Waals surface area (Å²) in [7, 11) is -2.89. The van der Waals surface area contributed by atoms with Crippen LogP contribution in [0.15, 0.2) is 77.8 Å². The van der Waals surface area contributed by atoms with Crippen molar-refractivity contribution < 1.29 is 37.0 Å². The Morgan fingerprint density at radius 2 is 1.68 bits per heavy atom. The maximum absolute atomic E-state index is 14.7. The highest BCUT2D eigenvalue weighted by Crippen LogP contribution is 2.46. The van der Waals surface area contributed by atoms with Gasteiger partial charge in [0.2, 0.25) is 12.1 Å².